The third kappa shape index (κ3) is 2.18. The van der Waals surface area contributed by atoms with E-state index >= 15 is 0 Å². The molecule has 3 heteroatoms. The first-order valence-corrected chi connectivity index (χ1v) is 8.62. The van der Waals surface area contributed by atoms with Gasteiger partial charge >= 0.3 is 0 Å². The number of hydrogen-bond acceptors (Lipinski definition) is 0. The van der Waals surface area contributed by atoms with Gasteiger partial charge in [0.2, 0.25) is 0 Å². The van der Waals surface area contributed by atoms with Crippen molar-refractivity contribution < 1.29 is 0 Å². The molecular weight excluding hydrogens is 207 g/mol. The highest BCUT2D eigenvalue weighted by Gasteiger charge is 2.49. The first-order chi connectivity index (χ1) is 5.14. The molecule has 0 saturated heterocycles. The van der Waals surface area contributed by atoms with Crippen LogP contribution in [0.4, 0.5) is 0 Å². The monoisotopic (exact) mass is 226 g/mol. The molecule has 0 aromatic heterocycles. The highest BCUT2D eigenvalue weighted by Crippen LogP contribution is 2.53. The Morgan fingerprint density at radius 1 is 1.00 bits per heavy atom. The minimum absolute atomic E-state index is 0.0876. The Morgan fingerprint density at radius 3 is 1.42 bits per heavy atom. The van der Waals surface area contributed by atoms with Crippen molar-refractivity contribution in [2.24, 2.45) is 5.92 Å². The Balaban J connectivity index is 4.75. The van der Waals surface area contributed by atoms with Gasteiger partial charge in [-0.25, -0.2) is 0 Å². The SMILES string of the molecule is CC(C)C(C)(C)[Si](Cl)(Cl)C(C)C. The Morgan fingerprint density at radius 2 is 1.33 bits per heavy atom. The molecular formula is C9H20Cl2Si. The predicted molar refractivity (Wildman–Crippen MR) is 61.4 cm³/mol. The van der Waals surface area contributed by atoms with Crippen LogP contribution in [0.25, 0.3) is 0 Å². The van der Waals surface area contributed by atoms with Crippen molar-refractivity contribution in [1.82, 2.24) is 0 Å². The molecule has 0 rings (SSSR count). The Labute approximate surface area is 87.1 Å². The van der Waals surface area contributed by atoms with Crippen LogP contribution in [0.2, 0.25) is 10.6 Å². The molecule has 0 unspecified atom stereocenters. The lowest BCUT2D eigenvalue weighted by Gasteiger charge is -2.41. The van der Waals surface area contributed by atoms with Gasteiger partial charge in [-0.15, -0.1) is 22.2 Å². The first-order valence-electron chi connectivity index (χ1n) is 4.51. The zero-order valence-electron chi connectivity index (χ0n) is 8.91. The molecule has 0 aliphatic heterocycles. The first kappa shape index (κ1) is 12.8. The topological polar surface area (TPSA) is 0 Å². The molecule has 12 heavy (non-hydrogen) atoms. The normalized spacial score (nSPS) is 14.5. The molecule has 0 nitrogen and oxygen atoms in total. The van der Waals surface area contributed by atoms with Crippen LogP contribution in [0.15, 0.2) is 0 Å². The molecule has 0 atom stereocenters. The van der Waals surface area contributed by atoms with Gasteiger partial charge in [0.15, 0.2) is 0 Å². The fourth-order valence-electron chi connectivity index (χ4n) is 1.13. The van der Waals surface area contributed by atoms with Crippen molar-refractivity contribution in [3.63, 3.8) is 0 Å². The van der Waals surface area contributed by atoms with Crippen LogP contribution in [0, 0.1) is 5.92 Å². The number of halogens is 2. The van der Waals surface area contributed by atoms with E-state index in [9.17, 15) is 0 Å². The third-order valence-electron chi connectivity index (χ3n) is 3.03. The maximum absolute atomic E-state index is 6.46. The second-order valence-corrected chi connectivity index (χ2v) is 12.5. The summed E-state index contributed by atoms with van der Waals surface area (Å²) in [5.74, 6) is 0.543. The zero-order chi connectivity index (χ0) is 10.2. The molecule has 74 valence electrons. The predicted octanol–water partition coefficient (Wildman–Crippen LogP) is 4.75. The average Bonchev–Trinajstić information content (AvgIpc) is 1.86. The highest BCUT2D eigenvalue weighted by molar-refractivity contribution is 7.47. The van der Waals surface area contributed by atoms with Gasteiger partial charge in [-0.1, -0.05) is 41.5 Å². The van der Waals surface area contributed by atoms with E-state index < -0.39 is 6.69 Å². The maximum Gasteiger partial charge on any atom is 0.259 e. The summed E-state index contributed by atoms with van der Waals surface area (Å²) in [5, 5.41) is 0.0876. The van der Waals surface area contributed by atoms with Gasteiger partial charge in [0.1, 0.15) is 0 Å². The van der Waals surface area contributed by atoms with E-state index in [1.807, 2.05) is 0 Å². The summed E-state index contributed by atoms with van der Waals surface area (Å²) in [5.41, 5.74) is 0.415. The van der Waals surface area contributed by atoms with Crippen LogP contribution in [-0.4, -0.2) is 6.69 Å². The molecule has 0 radical (unpaired) electrons. The fraction of sp³-hybridized carbons (Fsp3) is 1.00. The highest BCUT2D eigenvalue weighted by atomic mass is 35.7. The van der Waals surface area contributed by atoms with Crippen molar-refractivity contribution in [3.05, 3.63) is 0 Å². The smallest absolute Gasteiger partial charge is 0.145 e. The van der Waals surface area contributed by atoms with Crippen molar-refractivity contribution >= 4 is 28.9 Å². The molecule has 0 aromatic carbocycles. The van der Waals surface area contributed by atoms with Crippen molar-refractivity contribution in [1.29, 1.82) is 0 Å². The van der Waals surface area contributed by atoms with Crippen LogP contribution in [0.5, 0.6) is 0 Å². The van der Waals surface area contributed by atoms with E-state index in [1.165, 1.54) is 0 Å². The van der Waals surface area contributed by atoms with Gasteiger partial charge in [0.05, 0.1) is 0 Å². The summed E-state index contributed by atoms with van der Waals surface area (Å²) in [7, 11) is 0. The second-order valence-electron chi connectivity index (χ2n) is 4.65. The van der Waals surface area contributed by atoms with Crippen LogP contribution in [-0.2, 0) is 0 Å². The third-order valence-corrected chi connectivity index (χ3v) is 12.3. The second kappa shape index (κ2) is 3.89. The maximum atomic E-state index is 6.46. The van der Waals surface area contributed by atoms with Gasteiger partial charge in [-0.05, 0) is 16.5 Å². The van der Waals surface area contributed by atoms with Crippen molar-refractivity contribution in [2.75, 3.05) is 0 Å². The van der Waals surface area contributed by atoms with Crippen LogP contribution >= 0.6 is 22.2 Å². The standard InChI is InChI=1S/C9H20Cl2Si/c1-7(2)9(5,6)12(10,11)8(3)4/h7-8H,1-6H3. The summed E-state index contributed by atoms with van der Waals surface area (Å²) in [6.45, 7) is 10.9. The van der Waals surface area contributed by atoms with Crippen molar-refractivity contribution in [2.45, 2.75) is 52.1 Å². The van der Waals surface area contributed by atoms with E-state index in [0.29, 0.717) is 11.5 Å². The largest absolute Gasteiger partial charge is 0.259 e. The Hall–Kier alpha value is 0.797. The summed E-state index contributed by atoms with van der Waals surface area (Å²) in [6, 6.07) is 0. The van der Waals surface area contributed by atoms with E-state index in [0.717, 1.165) is 0 Å². The molecule has 0 aliphatic rings. The molecule has 0 N–H and O–H groups in total. The molecule has 0 saturated carbocycles. The Bertz CT molecular complexity index is 133. The molecule has 0 heterocycles. The quantitative estimate of drug-likeness (QED) is 0.482. The van der Waals surface area contributed by atoms with Gasteiger partial charge in [-0.3, -0.25) is 0 Å². The molecule has 0 fully saturated rings. The van der Waals surface area contributed by atoms with Crippen LogP contribution in [0.1, 0.15) is 41.5 Å². The lowest BCUT2D eigenvalue weighted by molar-refractivity contribution is 0.463. The lowest BCUT2D eigenvalue weighted by Crippen LogP contribution is -2.40. The zero-order valence-corrected chi connectivity index (χ0v) is 11.4. The molecule has 0 aromatic rings. The van der Waals surface area contributed by atoms with Gasteiger partial charge < -0.3 is 0 Å². The minimum atomic E-state index is -2.13. The van der Waals surface area contributed by atoms with Gasteiger partial charge in [-0.2, -0.15) is 0 Å². The number of hydrogen-bond donors (Lipinski definition) is 0. The minimum Gasteiger partial charge on any atom is -0.145 e. The Kier molecular flexibility index (Phi) is 4.15. The van der Waals surface area contributed by atoms with E-state index in [4.69, 9.17) is 22.2 Å². The summed E-state index contributed by atoms with van der Waals surface area (Å²) >= 11 is 12.9. The average molecular weight is 227 g/mol. The van der Waals surface area contributed by atoms with Gasteiger partial charge in [0.25, 0.3) is 6.69 Å². The van der Waals surface area contributed by atoms with Gasteiger partial charge in [0, 0.05) is 0 Å². The lowest BCUT2D eigenvalue weighted by atomic mass is 9.99. The van der Waals surface area contributed by atoms with Crippen LogP contribution in [0.3, 0.4) is 0 Å². The summed E-state index contributed by atoms with van der Waals surface area (Å²) in [4.78, 5) is 0. The van der Waals surface area contributed by atoms with Crippen LogP contribution < -0.4 is 0 Å². The summed E-state index contributed by atoms with van der Waals surface area (Å²) < 4.78 is 0. The van der Waals surface area contributed by atoms with Crippen molar-refractivity contribution in [3.8, 4) is 0 Å². The fourth-order valence-corrected chi connectivity index (χ4v) is 4.70. The van der Waals surface area contributed by atoms with E-state index in [-0.39, 0.29) is 5.04 Å². The molecule has 0 aliphatic carbocycles. The molecule has 0 spiro atoms. The molecule has 0 bridgehead atoms. The van der Waals surface area contributed by atoms with E-state index in [1.54, 1.807) is 0 Å². The van der Waals surface area contributed by atoms with E-state index in [2.05, 4.69) is 41.5 Å². The number of rotatable bonds is 3. The molecule has 0 amide bonds. The summed E-state index contributed by atoms with van der Waals surface area (Å²) in [6.07, 6.45) is 0.